The predicted octanol–water partition coefficient (Wildman–Crippen LogP) is 1.41. The summed E-state index contributed by atoms with van der Waals surface area (Å²) in [6, 6.07) is 0.185. The number of urea groups is 1. The molecule has 2 aliphatic heterocycles. The van der Waals surface area contributed by atoms with Crippen molar-refractivity contribution in [1.82, 2.24) is 24.7 Å². The van der Waals surface area contributed by atoms with E-state index in [1.54, 1.807) is 0 Å². The summed E-state index contributed by atoms with van der Waals surface area (Å²) in [5.41, 5.74) is 1.14. The normalized spacial score (nSPS) is 19.1. The predicted molar refractivity (Wildman–Crippen MR) is 80.8 cm³/mol. The number of rotatable bonds is 3. The molecule has 3 heterocycles. The van der Waals surface area contributed by atoms with Crippen LogP contribution in [0.3, 0.4) is 0 Å². The number of hydrogen-bond acceptors (Lipinski definition) is 3. The van der Waals surface area contributed by atoms with E-state index < -0.39 is 0 Å². The minimum absolute atomic E-state index is 0.0142. The van der Waals surface area contributed by atoms with Crippen molar-refractivity contribution in [2.45, 2.75) is 52.4 Å². The SMILES string of the molecule is CC(C)NC(=O)N1CCn2cc(CN3CCCC3)nc2C1. The molecule has 0 aromatic carbocycles. The standard InChI is InChI=1S/C15H25N5O/c1-12(2)16-15(21)20-8-7-19-10-13(17-14(19)11-20)9-18-5-3-4-6-18/h10,12H,3-9,11H2,1-2H3,(H,16,21). The lowest BCUT2D eigenvalue weighted by atomic mass is 10.3. The second kappa shape index (κ2) is 6.05. The van der Waals surface area contributed by atoms with E-state index in [9.17, 15) is 4.79 Å². The maximum absolute atomic E-state index is 12.1. The zero-order chi connectivity index (χ0) is 14.8. The zero-order valence-corrected chi connectivity index (χ0v) is 13.0. The van der Waals surface area contributed by atoms with E-state index >= 15 is 0 Å². The molecular weight excluding hydrogens is 266 g/mol. The van der Waals surface area contributed by atoms with Crippen LogP contribution in [0.4, 0.5) is 4.79 Å². The van der Waals surface area contributed by atoms with Crippen LogP contribution in [0.25, 0.3) is 0 Å². The Labute approximate surface area is 126 Å². The molecule has 0 unspecified atom stereocenters. The van der Waals surface area contributed by atoms with Crippen LogP contribution in [-0.4, -0.2) is 51.1 Å². The van der Waals surface area contributed by atoms with Gasteiger partial charge in [0.1, 0.15) is 5.82 Å². The average molecular weight is 291 g/mol. The molecule has 2 amide bonds. The number of fused-ring (bicyclic) bond motifs is 1. The van der Waals surface area contributed by atoms with Crippen LogP contribution in [-0.2, 0) is 19.6 Å². The second-order valence-electron chi connectivity index (χ2n) is 6.35. The fourth-order valence-corrected chi connectivity index (χ4v) is 3.07. The Kier molecular flexibility index (Phi) is 4.14. The quantitative estimate of drug-likeness (QED) is 0.916. The van der Waals surface area contributed by atoms with Crippen molar-refractivity contribution < 1.29 is 4.79 Å². The number of carbonyl (C=O) groups is 1. The highest BCUT2D eigenvalue weighted by Gasteiger charge is 2.23. The van der Waals surface area contributed by atoms with Crippen LogP contribution < -0.4 is 5.32 Å². The minimum atomic E-state index is 0.0142. The van der Waals surface area contributed by atoms with Gasteiger partial charge in [0.15, 0.2) is 0 Å². The van der Waals surface area contributed by atoms with Crippen LogP contribution >= 0.6 is 0 Å². The number of aromatic nitrogens is 2. The Morgan fingerprint density at radius 1 is 1.29 bits per heavy atom. The molecule has 3 rings (SSSR count). The third-order valence-electron chi connectivity index (χ3n) is 4.14. The Morgan fingerprint density at radius 3 is 2.76 bits per heavy atom. The molecule has 0 aliphatic carbocycles. The number of imidazole rings is 1. The van der Waals surface area contributed by atoms with Crippen molar-refractivity contribution in [3.8, 4) is 0 Å². The summed E-state index contributed by atoms with van der Waals surface area (Å²) in [4.78, 5) is 21.1. The van der Waals surface area contributed by atoms with Gasteiger partial charge in [-0.2, -0.15) is 0 Å². The van der Waals surface area contributed by atoms with Gasteiger partial charge < -0.3 is 14.8 Å². The molecule has 0 bridgehead atoms. The first kappa shape index (κ1) is 14.4. The molecule has 0 atom stereocenters. The average Bonchev–Trinajstić information content (AvgIpc) is 3.05. The molecule has 6 heteroatoms. The molecule has 6 nitrogen and oxygen atoms in total. The summed E-state index contributed by atoms with van der Waals surface area (Å²) in [5, 5.41) is 2.95. The smallest absolute Gasteiger partial charge is 0.318 e. The zero-order valence-electron chi connectivity index (χ0n) is 13.0. The third kappa shape index (κ3) is 3.37. The Balaban J connectivity index is 1.63. The molecule has 1 N–H and O–H groups in total. The van der Waals surface area contributed by atoms with Gasteiger partial charge in [-0.3, -0.25) is 4.90 Å². The largest absolute Gasteiger partial charge is 0.336 e. The van der Waals surface area contributed by atoms with Gasteiger partial charge in [0.05, 0.1) is 12.2 Å². The summed E-state index contributed by atoms with van der Waals surface area (Å²) in [5.74, 6) is 1.01. The molecule has 2 aliphatic rings. The number of amides is 2. The first-order valence-corrected chi connectivity index (χ1v) is 7.94. The van der Waals surface area contributed by atoms with Gasteiger partial charge in [-0.25, -0.2) is 9.78 Å². The lowest BCUT2D eigenvalue weighted by Gasteiger charge is -2.28. The molecule has 21 heavy (non-hydrogen) atoms. The first-order chi connectivity index (χ1) is 10.1. The van der Waals surface area contributed by atoms with Gasteiger partial charge >= 0.3 is 6.03 Å². The fourth-order valence-electron chi connectivity index (χ4n) is 3.07. The Hall–Kier alpha value is -1.56. The van der Waals surface area contributed by atoms with Gasteiger partial charge in [-0.05, 0) is 39.8 Å². The molecule has 0 spiro atoms. The summed E-state index contributed by atoms with van der Waals surface area (Å²) in [6.45, 7) is 9.49. The van der Waals surface area contributed by atoms with Gasteiger partial charge in [-0.1, -0.05) is 0 Å². The minimum Gasteiger partial charge on any atom is -0.336 e. The monoisotopic (exact) mass is 291 g/mol. The van der Waals surface area contributed by atoms with Crippen molar-refractivity contribution in [3.05, 3.63) is 17.7 Å². The number of nitrogens with zero attached hydrogens (tertiary/aromatic N) is 4. The molecule has 0 radical (unpaired) electrons. The van der Waals surface area contributed by atoms with Crippen molar-refractivity contribution in [2.24, 2.45) is 0 Å². The van der Waals surface area contributed by atoms with E-state index in [4.69, 9.17) is 4.98 Å². The number of hydrogen-bond donors (Lipinski definition) is 1. The van der Waals surface area contributed by atoms with Gasteiger partial charge in [0, 0.05) is 31.9 Å². The number of likely N-dealkylation sites (tertiary alicyclic amines) is 1. The maximum atomic E-state index is 12.1. The van der Waals surface area contributed by atoms with E-state index in [1.807, 2.05) is 18.7 Å². The van der Waals surface area contributed by atoms with Crippen molar-refractivity contribution in [3.63, 3.8) is 0 Å². The Bertz CT molecular complexity index is 504. The Morgan fingerprint density at radius 2 is 2.05 bits per heavy atom. The van der Waals surface area contributed by atoms with Crippen LogP contribution in [0.2, 0.25) is 0 Å². The number of nitrogens with one attached hydrogen (secondary N) is 1. The van der Waals surface area contributed by atoms with Crippen LogP contribution in [0.5, 0.6) is 0 Å². The fraction of sp³-hybridized carbons (Fsp3) is 0.733. The topological polar surface area (TPSA) is 53.4 Å². The second-order valence-corrected chi connectivity index (χ2v) is 6.35. The van der Waals surface area contributed by atoms with E-state index in [1.165, 1.54) is 25.9 Å². The lowest BCUT2D eigenvalue weighted by molar-refractivity contribution is 0.179. The third-order valence-corrected chi connectivity index (χ3v) is 4.14. The van der Waals surface area contributed by atoms with Crippen LogP contribution in [0.15, 0.2) is 6.20 Å². The molecule has 1 fully saturated rings. The molecule has 116 valence electrons. The molecule has 1 aromatic heterocycles. The highest BCUT2D eigenvalue weighted by molar-refractivity contribution is 5.74. The summed E-state index contributed by atoms with van der Waals surface area (Å²) < 4.78 is 2.20. The summed E-state index contributed by atoms with van der Waals surface area (Å²) >= 11 is 0. The highest BCUT2D eigenvalue weighted by atomic mass is 16.2. The van der Waals surface area contributed by atoms with Crippen molar-refractivity contribution >= 4 is 6.03 Å². The first-order valence-electron chi connectivity index (χ1n) is 7.94. The maximum Gasteiger partial charge on any atom is 0.318 e. The molecule has 0 saturated carbocycles. The lowest BCUT2D eigenvalue weighted by Crippen LogP contribution is -2.46. The summed E-state index contributed by atoms with van der Waals surface area (Å²) in [7, 11) is 0. The number of carbonyl (C=O) groups excluding carboxylic acids is 1. The van der Waals surface area contributed by atoms with Crippen molar-refractivity contribution in [1.29, 1.82) is 0 Å². The highest BCUT2D eigenvalue weighted by Crippen LogP contribution is 2.16. The van der Waals surface area contributed by atoms with E-state index in [0.29, 0.717) is 6.54 Å². The molecular formula is C15H25N5O. The van der Waals surface area contributed by atoms with Gasteiger partial charge in [0.25, 0.3) is 0 Å². The van der Waals surface area contributed by atoms with Gasteiger partial charge in [-0.15, -0.1) is 0 Å². The van der Waals surface area contributed by atoms with Crippen molar-refractivity contribution in [2.75, 3.05) is 19.6 Å². The van der Waals surface area contributed by atoms with Crippen LogP contribution in [0, 0.1) is 0 Å². The summed E-state index contributed by atoms with van der Waals surface area (Å²) in [6.07, 6.45) is 4.76. The molecule has 1 saturated heterocycles. The van der Waals surface area contributed by atoms with E-state index in [2.05, 4.69) is 21.0 Å². The molecule has 1 aromatic rings. The van der Waals surface area contributed by atoms with Gasteiger partial charge in [0.2, 0.25) is 0 Å². The van der Waals surface area contributed by atoms with Crippen LogP contribution in [0.1, 0.15) is 38.2 Å². The van der Waals surface area contributed by atoms with E-state index in [0.717, 1.165) is 31.2 Å². The van der Waals surface area contributed by atoms with E-state index in [-0.39, 0.29) is 12.1 Å².